The number of benzene rings is 1. The van der Waals surface area contributed by atoms with E-state index in [1.165, 1.54) is 6.92 Å². The Morgan fingerprint density at radius 2 is 2.00 bits per heavy atom. The summed E-state index contributed by atoms with van der Waals surface area (Å²) in [6, 6.07) is 7.62. The molecule has 0 radical (unpaired) electrons. The van der Waals surface area contributed by atoms with Gasteiger partial charge in [0.05, 0.1) is 6.10 Å². The number of aliphatic hydroxyl groups is 1. The molecule has 1 rings (SSSR count). The maximum atomic E-state index is 10.8. The highest BCUT2D eigenvalue weighted by atomic mass is 32.2. The molecule has 0 spiro atoms. The van der Waals surface area contributed by atoms with Crippen molar-refractivity contribution in [2.75, 3.05) is 6.26 Å². The van der Waals surface area contributed by atoms with Crippen LogP contribution >= 0.6 is 11.8 Å². The lowest BCUT2D eigenvalue weighted by Crippen LogP contribution is -2.02. The predicted octanol–water partition coefficient (Wildman–Crippen LogP) is 2.42. The van der Waals surface area contributed by atoms with Gasteiger partial charge in [-0.05, 0) is 30.9 Å². The van der Waals surface area contributed by atoms with Crippen LogP contribution in [0.15, 0.2) is 29.2 Å². The van der Waals surface area contributed by atoms with E-state index in [-0.39, 0.29) is 12.2 Å². The molecule has 1 aromatic rings. The van der Waals surface area contributed by atoms with Gasteiger partial charge in [-0.2, -0.15) is 0 Å². The van der Waals surface area contributed by atoms with E-state index in [2.05, 4.69) is 0 Å². The third-order valence-electron chi connectivity index (χ3n) is 1.98. The number of carbonyl (C=O) groups excluding carboxylic acids is 1. The predicted molar refractivity (Wildman–Crippen MR) is 58.5 cm³/mol. The van der Waals surface area contributed by atoms with Crippen LogP contribution in [0.2, 0.25) is 0 Å². The van der Waals surface area contributed by atoms with Crippen molar-refractivity contribution in [1.29, 1.82) is 0 Å². The van der Waals surface area contributed by atoms with Gasteiger partial charge < -0.3 is 5.11 Å². The summed E-state index contributed by atoms with van der Waals surface area (Å²) < 4.78 is 0. The fourth-order valence-electron chi connectivity index (χ4n) is 1.22. The van der Waals surface area contributed by atoms with Gasteiger partial charge in [-0.15, -0.1) is 11.8 Å². The van der Waals surface area contributed by atoms with Crippen molar-refractivity contribution >= 4 is 17.5 Å². The quantitative estimate of drug-likeness (QED) is 0.775. The Balaban J connectivity index is 2.71. The molecule has 0 fully saturated rings. The number of hydrogen-bond donors (Lipinski definition) is 1. The molecule has 0 bridgehead atoms. The molecule has 1 N–H and O–H groups in total. The number of Topliss-reactive ketones (excluding diaryl/α,β-unsaturated/α-hetero) is 1. The molecule has 0 unspecified atom stereocenters. The summed E-state index contributed by atoms with van der Waals surface area (Å²) in [5.41, 5.74) is 0.804. The molecular formula is C11H14O2S. The number of thioether (sulfide) groups is 1. The first-order valence-electron chi connectivity index (χ1n) is 4.45. The van der Waals surface area contributed by atoms with E-state index in [9.17, 15) is 9.90 Å². The van der Waals surface area contributed by atoms with Crippen LogP contribution in [0.4, 0.5) is 0 Å². The highest BCUT2D eigenvalue weighted by Crippen LogP contribution is 2.20. The van der Waals surface area contributed by atoms with Crippen LogP contribution < -0.4 is 0 Å². The lowest BCUT2D eigenvalue weighted by atomic mass is 10.1. The van der Waals surface area contributed by atoms with Crippen molar-refractivity contribution in [2.24, 2.45) is 0 Å². The highest BCUT2D eigenvalue weighted by molar-refractivity contribution is 7.98. The Kier molecular flexibility index (Phi) is 4.17. The van der Waals surface area contributed by atoms with Crippen molar-refractivity contribution in [3.8, 4) is 0 Å². The zero-order chi connectivity index (χ0) is 10.6. The van der Waals surface area contributed by atoms with Crippen LogP contribution in [0.3, 0.4) is 0 Å². The van der Waals surface area contributed by atoms with Crippen LogP contribution in [0.5, 0.6) is 0 Å². The summed E-state index contributed by atoms with van der Waals surface area (Å²) in [4.78, 5) is 11.9. The molecule has 2 nitrogen and oxygen atoms in total. The summed E-state index contributed by atoms with van der Waals surface area (Å²) in [5.74, 6) is 0.00597. The van der Waals surface area contributed by atoms with Crippen LogP contribution in [-0.4, -0.2) is 17.1 Å². The first kappa shape index (κ1) is 11.3. The normalized spacial score (nSPS) is 12.5. The first-order chi connectivity index (χ1) is 6.63. The molecule has 0 aliphatic heterocycles. The lowest BCUT2D eigenvalue weighted by Gasteiger charge is -2.08. The van der Waals surface area contributed by atoms with Crippen molar-refractivity contribution < 1.29 is 9.90 Å². The summed E-state index contributed by atoms with van der Waals surface area (Å²) in [6.45, 7) is 1.49. The second kappa shape index (κ2) is 5.17. The van der Waals surface area contributed by atoms with Crippen LogP contribution in [0.25, 0.3) is 0 Å². The number of hydrogen-bond acceptors (Lipinski definition) is 3. The summed E-state index contributed by atoms with van der Waals surface area (Å²) in [7, 11) is 0. The molecule has 0 saturated carbocycles. The van der Waals surface area contributed by atoms with Gasteiger partial charge in [0.2, 0.25) is 0 Å². The van der Waals surface area contributed by atoms with E-state index >= 15 is 0 Å². The van der Waals surface area contributed by atoms with Crippen LogP contribution in [0, 0.1) is 0 Å². The van der Waals surface area contributed by atoms with Gasteiger partial charge in [-0.1, -0.05) is 12.1 Å². The third-order valence-corrected chi connectivity index (χ3v) is 2.72. The molecule has 3 heteroatoms. The van der Waals surface area contributed by atoms with Gasteiger partial charge in [0, 0.05) is 11.3 Å². The van der Waals surface area contributed by atoms with Crippen molar-refractivity contribution in [3.63, 3.8) is 0 Å². The number of rotatable bonds is 4. The zero-order valence-electron chi connectivity index (χ0n) is 8.36. The summed E-state index contributed by atoms with van der Waals surface area (Å²) in [6.07, 6.45) is 1.53. The van der Waals surface area contributed by atoms with E-state index in [0.717, 1.165) is 10.5 Å². The molecule has 0 amide bonds. The average Bonchev–Trinajstić information content (AvgIpc) is 2.17. The van der Waals surface area contributed by atoms with Crippen LogP contribution in [-0.2, 0) is 4.79 Å². The monoisotopic (exact) mass is 210 g/mol. The number of ketones is 1. The average molecular weight is 210 g/mol. The molecular weight excluding hydrogens is 196 g/mol. The van der Waals surface area contributed by atoms with Crippen LogP contribution in [0.1, 0.15) is 25.0 Å². The van der Waals surface area contributed by atoms with Gasteiger partial charge in [-0.25, -0.2) is 0 Å². The van der Waals surface area contributed by atoms with E-state index in [4.69, 9.17) is 0 Å². The molecule has 76 valence electrons. The molecule has 1 aromatic carbocycles. The second-order valence-corrected chi connectivity index (χ2v) is 4.07. The Hall–Kier alpha value is -0.800. The van der Waals surface area contributed by atoms with E-state index in [0.29, 0.717) is 0 Å². The molecule has 1 atom stereocenters. The molecule has 0 saturated heterocycles. The fraction of sp³-hybridized carbons (Fsp3) is 0.364. The fourth-order valence-corrected chi connectivity index (χ4v) is 1.62. The minimum atomic E-state index is -0.664. The Morgan fingerprint density at radius 3 is 2.43 bits per heavy atom. The summed E-state index contributed by atoms with van der Waals surface area (Å²) >= 11 is 1.65. The number of carbonyl (C=O) groups is 1. The Morgan fingerprint density at radius 1 is 1.43 bits per heavy atom. The molecule has 14 heavy (non-hydrogen) atoms. The first-order valence-corrected chi connectivity index (χ1v) is 5.67. The minimum absolute atomic E-state index is 0.00597. The van der Waals surface area contributed by atoms with Gasteiger partial charge in [0.1, 0.15) is 5.78 Å². The molecule has 0 aromatic heterocycles. The molecule has 0 aliphatic rings. The molecule has 0 aliphatic carbocycles. The van der Waals surface area contributed by atoms with Crippen molar-refractivity contribution in [2.45, 2.75) is 24.3 Å². The maximum Gasteiger partial charge on any atom is 0.132 e. The second-order valence-electron chi connectivity index (χ2n) is 3.20. The Labute approximate surface area is 88.3 Å². The van der Waals surface area contributed by atoms with E-state index in [1.54, 1.807) is 11.8 Å². The van der Waals surface area contributed by atoms with Gasteiger partial charge in [0.25, 0.3) is 0 Å². The van der Waals surface area contributed by atoms with Gasteiger partial charge in [0.15, 0.2) is 0 Å². The zero-order valence-corrected chi connectivity index (χ0v) is 9.17. The topological polar surface area (TPSA) is 37.3 Å². The van der Waals surface area contributed by atoms with Crippen molar-refractivity contribution in [1.82, 2.24) is 0 Å². The smallest absolute Gasteiger partial charge is 0.132 e. The lowest BCUT2D eigenvalue weighted by molar-refractivity contribution is -0.118. The van der Waals surface area contributed by atoms with Gasteiger partial charge in [-0.3, -0.25) is 4.79 Å². The maximum absolute atomic E-state index is 10.8. The highest BCUT2D eigenvalue weighted by Gasteiger charge is 2.09. The largest absolute Gasteiger partial charge is 0.388 e. The van der Waals surface area contributed by atoms with E-state index in [1.807, 2.05) is 30.5 Å². The standard InChI is InChI=1S/C11H14O2S/c1-8(12)7-11(13)9-3-5-10(14-2)6-4-9/h3-6,11,13H,7H2,1-2H3/t11-/m1/s1. The number of aliphatic hydroxyl groups excluding tert-OH is 1. The van der Waals surface area contributed by atoms with Crippen molar-refractivity contribution in [3.05, 3.63) is 29.8 Å². The minimum Gasteiger partial charge on any atom is -0.388 e. The Bertz CT molecular complexity index is 306. The van der Waals surface area contributed by atoms with E-state index < -0.39 is 6.10 Å². The molecule has 0 heterocycles. The third kappa shape index (κ3) is 3.16. The summed E-state index contributed by atoms with van der Waals surface area (Å²) in [5, 5.41) is 9.63. The SMILES string of the molecule is CSc1ccc([C@H](O)CC(C)=O)cc1. The van der Waals surface area contributed by atoms with Gasteiger partial charge >= 0.3 is 0 Å².